The minimum atomic E-state index is -4.63. The Labute approximate surface area is 176 Å². The number of urea groups is 1. The summed E-state index contributed by atoms with van der Waals surface area (Å²) < 4.78 is 57.6. The zero-order valence-corrected chi connectivity index (χ0v) is 16.8. The molecule has 0 aliphatic carbocycles. The van der Waals surface area contributed by atoms with Crippen LogP contribution in [0, 0.1) is 11.7 Å². The molecule has 3 saturated heterocycles. The quantitative estimate of drug-likeness (QED) is 0.710. The number of hydrogen-bond acceptors (Lipinski definition) is 4. The van der Waals surface area contributed by atoms with Crippen LogP contribution in [0.2, 0.25) is 0 Å². The molecule has 170 valence electrons. The van der Waals surface area contributed by atoms with E-state index < -0.39 is 17.6 Å². The SMILES string of the molecule is O=C1CO[C@H]2CCN(C(=O)N3CCC(Cc4ncc(C(F)(F)F)cc4F)CC3)C[C@H]2N1. The third-order valence-electron chi connectivity index (χ3n) is 6.21. The second kappa shape index (κ2) is 8.60. The minimum absolute atomic E-state index is 0.0212. The van der Waals surface area contributed by atoms with Crippen molar-refractivity contribution in [2.45, 2.75) is 44.0 Å². The summed E-state index contributed by atoms with van der Waals surface area (Å²) in [4.78, 5) is 31.5. The lowest BCUT2D eigenvalue weighted by molar-refractivity contribution is -0.140. The molecule has 0 saturated carbocycles. The Bertz CT molecular complexity index is 842. The number of alkyl halides is 3. The molecule has 2 atom stereocenters. The van der Waals surface area contributed by atoms with Gasteiger partial charge in [0.25, 0.3) is 0 Å². The second-order valence-corrected chi connectivity index (χ2v) is 8.33. The molecule has 4 heterocycles. The molecule has 4 rings (SSSR count). The number of likely N-dealkylation sites (tertiary alicyclic amines) is 2. The number of carbonyl (C=O) groups excluding carboxylic acids is 2. The number of ether oxygens (including phenoxy) is 1. The standard InChI is InChI=1S/C20H24F4N4O3/c21-14-8-13(20(22,23)24)9-25-15(14)7-12-1-4-27(5-2-12)19(30)28-6-3-17-16(10-28)26-18(29)11-31-17/h8-9,12,16-17H,1-7,10-11H2,(H,26,29)/t16-,17+/m1/s1. The average Bonchev–Trinajstić information content (AvgIpc) is 2.74. The molecule has 0 spiro atoms. The van der Waals surface area contributed by atoms with E-state index in [1.165, 1.54) is 0 Å². The minimum Gasteiger partial charge on any atom is -0.366 e. The van der Waals surface area contributed by atoms with Gasteiger partial charge in [-0.1, -0.05) is 0 Å². The number of hydrogen-bond donors (Lipinski definition) is 1. The molecule has 3 aliphatic heterocycles. The van der Waals surface area contributed by atoms with Gasteiger partial charge in [0.05, 0.1) is 23.4 Å². The summed E-state index contributed by atoms with van der Waals surface area (Å²) in [5, 5.41) is 2.87. The molecule has 0 unspecified atom stereocenters. The van der Waals surface area contributed by atoms with Crippen LogP contribution in [-0.4, -0.2) is 71.7 Å². The van der Waals surface area contributed by atoms with Crippen LogP contribution >= 0.6 is 0 Å². The summed E-state index contributed by atoms with van der Waals surface area (Å²) in [6.45, 7) is 1.97. The van der Waals surface area contributed by atoms with Crippen LogP contribution in [-0.2, 0) is 22.1 Å². The third kappa shape index (κ3) is 4.91. The number of nitrogens with one attached hydrogen (secondary N) is 1. The van der Waals surface area contributed by atoms with E-state index in [-0.39, 0.29) is 48.7 Å². The lowest BCUT2D eigenvalue weighted by atomic mass is 9.91. The van der Waals surface area contributed by atoms with E-state index in [4.69, 9.17) is 4.74 Å². The van der Waals surface area contributed by atoms with Gasteiger partial charge in [0.2, 0.25) is 5.91 Å². The number of nitrogens with zero attached hydrogens (tertiary/aromatic N) is 3. The average molecular weight is 444 g/mol. The Kier molecular flexibility index (Phi) is 6.05. The number of carbonyl (C=O) groups is 2. The number of morpholine rings is 1. The molecule has 0 radical (unpaired) electrons. The van der Waals surface area contributed by atoms with Gasteiger partial charge in [0, 0.05) is 32.4 Å². The molecule has 0 bridgehead atoms. The Balaban J connectivity index is 1.29. The van der Waals surface area contributed by atoms with Crippen LogP contribution in [0.5, 0.6) is 0 Å². The van der Waals surface area contributed by atoms with Crippen LogP contribution in [0.4, 0.5) is 22.4 Å². The topological polar surface area (TPSA) is 74.8 Å². The van der Waals surface area contributed by atoms with E-state index in [0.717, 1.165) is 0 Å². The van der Waals surface area contributed by atoms with Crippen LogP contribution in [0.1, 0.15) is 30.5 Å². The Morgan fingerprint density at radius 2 is 1.90 bits per heavy atom. The number of fused-ring (bicyclic) bond motifs is 1. The monoisotopic (exact) mass is 444 g/mol. The summed E-state index contributed by atoms with van der Waals surface area (Å²) in [5.41, 5.74) is -1.08. The highest BCUT2D eigenvalue weighted by Gasteiger charge is 2.38. The van der Waals surface area contributed by atoms with E-state index in [2.05, 4.69) is 10.3 Å². The smallest absolute Gasteiger partial charge is 0.366 e. The number of pyridine rings is 1. The summed E-state index contributed by atoms with van der Waals surface area (Å²) in [7, 11) is 0. The van der Waals surface area contributed by atoms with Crippen molar-refractivity contribution in [3.05, 3.63) is 29.3 Å². The van der Waals surface area contributed by atoms with Gasteiger partial charge >= 0.3 is 12.2 Å². The van der Waals surface area contributed by atoms with Gasteiger partial charge in [0.15, 0.2) is 0 Å². The molecule has 7 nitrogen and oxygen atoms in total. The van der Waals surface area contributed by atoms with Gasteiger partial charge in [-0.15, -0.1) is 0 Å². The number of rotatable bonds is 2. The molecular formula is C20H24F4N4O3. The van der Waals surface area contributed by atoms with Crippen molar-refractivity contribution in [2.24, 2.45) is 5.92 Å². The van der Waals surface area contributed by atoms with Gasteiger partial charge < -0.3 is 19.9 Å². The maximum atomic E-state index is 14.1. The Morgan fingerprint density at radius 3 is 2.58 bits per heavy atom. The van der Waals surface area contributed by atoms with Crippen molar-refractivity contribution in [3.63, 3.8) is 0 Å². The lowest BCUT2D eigenvalue weighted by Gasteiger charge is -2.43. The third-order valence-corrected chi connectivity index (χ3v) is 6.21. The van der Waals surface area contributed by atoms with Crippen LogP contribution < -0.4 is 5.32 Å². The molecule has 3 fully saturated rings. The van der Waals surface area contributed by atoms with E-state index in [9.17, 15) is 27.2 Å². The maximum absolute atomic E-state index is 14.1. The fraction of sp³-hybridized carbons (Fsp3) is 0.650. The van der Waals surface area contributed by atoms with E-state index in [0.29, 0.717) is 57.7 Å². The predicted molar refractivity (Wildman–Crippen MR) is 100 cm³/mol. The van der Waals surface area contributed by atoms with Crippen molar-refractivity contribution in [1.82, 2.24) is 20.1 Å². The van der Waals surface area contributed by atoms with Gasteiger partial charge in [-0.05, 0) is 37.7 Å². The van der Waals surface area contributed by atoms with Crippen LogP contribution in [0.15, 0.2) is 12.3 Å². The van der Waals surface area contributed by atoms with Crippen molar-refractivity contribution in [3.8, 4) is 0 Å². The van der Waals surface area contributed by atoms with Crippen LogP contribution in [0.25, 0.3) is 0 Å². The summed E-state index contributed by atoms with van der Waals surface area (Å²) in [6.07, 6.45) is -1.90. The van der Waals surface area contributed by atoms with E-state index in [1.807, 2.05) is 0 Å². The second-order valence-electron chi connectivity index (χ2n) is 8.33. The molecule has 31 heavy (non-hydrogen) atoms. The fourth-order valence-electron chi connectivity index (χ4n) is 4.45. The van der Waals surface area contributed by atoms with Gasteiger partial charge in [-0.25, -0.2) is 9.18 Å². The number of halogens is 4. The summed E-state index contributed by atoms with van der Waals surface area (Å²) in [5.74, 6) is -1.09. The van der Waals surface area contributed by atoms with Gasteiger partial charge in [-0.3, -0.25) is 9.78 Å². The first-order valence-electron chi connectivity index (χ1n) is 10.4. The number of amides is 3. The zero-order valence-electron chi connectivity index (χ0n) is 16.8. The highest BCUT2D eigenvalue weighted by atomic mass is 19.4. The largest absolute Gasteiger partial charge is 0.417 e. The summed E-state index contributed by atoms with van der Waals surface area (Å²) >= 11 is 0. The first-order chi connectivity index (χ1) is 14.7. The molecular weight excluding hydrogens is 420 g/mol. The zero-order chi connectivity index (χ0) is 22.2. The highest BCUT2D eigenvalue weighted by Crippen LogP contribution is 2.30. The van der Waals surface area contributed by atoms with Gasteiger partial charge in [-0.2, -0.15) is 13.2 Å². The predicted octanol–water partition coefficient (Wildman–Crippen LogP) is 2.20. The highest BCUT2D eigenvalue weighted by molar-refractivity contribution is 5.79. The Morgan fingerprint density at radius 1 is 1.19 bits per heavy atom. The van der Waals surface area contributed by atoms with Crippen molar-refractivity contribution < 1.29 is 31.9 Å². The number of piperidine rings is 2. The summed E-state index contributed by atoms with van der Waals surface area (Å²) in [6, 6.07) is 0.180. The van der Waals surface area contributed by atoms with Crippen LogP contribution in [0.3, 0.4) is 0 Å². The van der Waals surface area contributed by atoms with Crippen molar-refractivity contribution in [1.29, 1.82) is 0 Å². The maximum Gasteiger partial charge on any atom is 0.417 e. The molecule has 3 amide bonds. The van der Waals surface area contributed by atoms with Gasteiger partial charge in [0.1, 0.15) is 12.4 Å². The molecule has 0 aromatic carbocycles. The number of aromatic nitrogens is 1. The first kappa shape index (κ1) is 21.8. The Hall–Kier alpha value is -2.43. The first-order valence-corrected chi connectivity index (χ1v) is 10.4. The van der Waals surface area contributed by atoms with E-state index >= 15 is 0 Å². The molecule has 1 aromatic heterocycles. The molecule has 11 heteroatoms. The van der Waals surface area contributed by atoms with Crippen molar-refractivity contribution >= 4 is 11.9 Å². The molecule has 1 N–H and O–H groups in total. The van der Waals surface area contributed by atoms with Crippen molar-refractivity contribution in [2.75, 3.05) is 32.8 Å². The normalized spacial score (nSPS) is 25.2. The molecule has 3 aliphatic rings. The lowest BCUT2D eigenvalue weighted by Crippen LogP contribution is -2.62. The molecule has 1 aromatic rings. The van der Waals surface area contributed by atoms with E-state index in [1.54, 1.807) is 9.80 Å². The fourth-order valence-corrected chi connectivity index (χ4v) is 4.45.